The first-order valence-electron chi connectivity index (χ1n) is 6.03. The number of nitrogens with one attached hydrogen (secondary N) is 2. The predicted molar refractivity (Wildman–Crippen MR) is 73.6 cm³/mol. The number of amides is 1. The van der Waals surface area contributed by atoms with Gasteiger partial charge in [-0.3, -0.25) is 4.79 Å². The average Bonchev–Trinajstić information content (AvgIpc) is 2.48. The molecule has 1 amide bonds. The van der Waals surface area contributed by atoms with Crippen LogP contribution >= 0.6 is 0 Å². The number of carbonyl (C=O) groups is 1. The topological polar surface area (TPSA) is 92.9 Å². The first-order chi connectivity index (χ1) is 9.62. The highest BCUT2D eigenvalue weighted by Gasteiger charge is 2.10. The van der Waals surface area contributed by atoms with Crippen LogP contribution in [0.25, 0.3) is 0 Å². The van der Waals surface area contributed by atoms with Crippen LogP contribution in [0, 0.1) is 5.82 Å². The van der Waals surface area contributed by atoms with Crippen molar-refractivity contribution < 1.29 is 9.18 Å². The zero-order valence-corrected chi connectivity index (χ0v) is 10.9. The zero-order valence-electron chi connectivity index (χ0n) is 10.9. The Morgan fingerprint density at radius 3 is 2.75 bits per heavy atom. The molecule has 0 radical (unpaired) electrons. The second kappa shape index (κ2) is 6.07. The largest absolute Gasteiger partial charge is 0.308 e. The fourth-order valence-electron chi connectivity index (χ4n) is 1.61. The number of aryl methyl sites for hydroxylation is 1. The van der Waals surface area contributed by atoms with Crippen LogP contribution in [0.1, 0.15) is 23.0 Å². The van der Waals surface area contributed by atoms with Gasteiger partial charge >= 0.3 is 0 Å². The minimum Gasteiger partial charge on any atom is -0.308 e. The molecule has 6 nitrogen and oxygen atoms in total. The lowest BCUT2D eigenvalue weighted by Gasteiger charge is -2.08. The van der Waals surface area contributed by atoms with Crippen molar-refractivity contribution in [1.29, 1.82) is 0 Å². The van der Waals surface area contributed by atoms with Gasteiger partial charge in [-0.2, -0.15) is 0 Å². The third kappa shape index (κ3) is 3.27. The molecule has 4 N–H and O–H groups in total. The molecule has 0 aliphatic carbocycles. The minimum atomic E-state index is -0.463. The molecule has 0 fully saturated rings. The Labute approximate surface area is 115 Å². The van der Waals surface area contributed by atoms with Gasteiger partial charge in [0.1, 0.15) is 17.5 Å². The number of anilines is 2. The van der Waals surface area contributed by atoms with Gasteiger partial charge in [-0.25, -0.2) is 20.2 Å². The van der Waals surface area contributed by atoms with Crippen molar-refractivity contribution in [3.05, 3.63) is 47.5 Å². The Hall–Kier alpha value is -2.54. The van der Waals surface area contributed by atoms with Gasteiger partial charge in [0.15, 0.2) is 0 Å². The minimum absolute atomic E-state index is 0.272. The maximum atomic E-state index is 12.7. The van der Waals surface area contributed by atoms with E-state index < -0.39 is 5.82 Å². The molecule has 2 aromatic rings. The van der Waals surface area contributed by atoms with Gasteiger partial charge in [-0.15, -0.1) is 0 Å². The number of hydrogen-bond acceptors (Lipinski definition) is 5. The van der Waals surface area contributed by atoms with Crippen molar-refractivity contribution in [1.82, 2.24) is 9.97 Å². The summed E-state index contributed by atoms with van der Waals surface area (Å²) >= 11 is 0. The van der Waals surface area contributed by atoms with E-state index in [9.17, 15) is 9.18 Å². The molecule has 0 aromatic carbocycles. The van der Waals surface area contributed by atoms with Gasteiger partial charge in [0.2, 0.25) is 0 Å². The molecule has 0 atom stereocenters. The summed E-state index contributed by atoms with van der Waals surface area (Å²) in [6, 6.07) is 5.80. The summed E-state index contributed by atoms with van der Waals surface area (Å²) in [7, 11) is 0. The second-order valence-corrected chi connectivity index (χ2v) is 4.05. The van der Waals surface area contributed by atoms with Crippen LogP contribution in [-0.4, -0.2) is 15.9 Å². The summed E-state index contributed by atoms with van der Waals surface area (Å²) in [4.78, 5) is 20.1. The number of aromatic nitrogens is 2. The van der Waals surface area contributed by atoms with Gasteiger partial charge in [-0.1, -0.05) is 6.92 Å². The highest BCUT2D eigenvalue weighted by molar-refractivity contribution is 6.04. The summed E-state index contributed by atoms with van der Waals surface area (Å²) in [5.74, 6) is 5.16. The Morgan fingerprint density at radius 1 is 1.35 bits per heavy atom. The van der Waals surface area contributed by atoms with E-state index in [2.05, 4.69) is 20.7 Å². The van der Waals surface area contributed by atoms with Gasteiger partial charge < -0.3 is 10.7 Å². The van der Waals surface area contributed by atoms with Crippen LogP contribution in [-0.2, 0) is 6.42 Å². The SMILES string of the molecule is CCc1cc(C(=O)Nc2ccc(F)cn2)cc(NN)n1. The van der Waals surface area contributed by atoms with Crippen LogP contribution in [0.3, 0.4) is 0 Å². The predicted octanol–water partition coefficient (Wildman–Crippen LogP) is 1.72. The molecule has 0 spiro atoms. The lowest BCUT2D eigenvalue weighted by Crippen LogP contribution is -2.16. The van der Waals surface area contributed by atoms with Crippen molar-refractivity contribution in [3.8, 4) is 0 Å². The Bertz CT molecular complexity index is 592. The summed E-state index contributed by atoms with van der Waals surface area (Å²) in [6.07, 6.45) is 1.71. The highest BCUT2D eigenvalue weighted by atomic mass is 19.1. The Balaban J connectivity index is 2.22. The molecular formula is C13H14FN5O. The number of rotatable bonds is 4. The molecule has 2 rings (SSSR count). The Morgan fingerprint density at radius 2 is 2.15 bits per heavy atom. The third-order valence-electron chi connectivity index (χ3n) is 2.62. The number of nitrogens with zero attached hydrogens (tertiary/aromatic N) is 2. The van der Waals surface area contributed by atoms with Crippen molar-refractivity contribution in [2.45, 2.75) is 13.3 Å². The molecule has 0 bridgehead atoms. The fourth-order valence-corrected chi connectivity index (χ4v) is 1.61. The van der Waals surface area contributed by atoms with E-state index in [1.165, 1.54) is 18.2 Å². The van der Waals surface area contributed by atoms with E-state index in [1.54, 1.807) is 6.07 Å². The molecule has 0 saturated heterocycles. The van der Waals surface area contributed by atoms with E-state index in [-0.39, 0.29) is 11.7 Å². The van der Waals surface area contributed by atoms with E-state index in [0.29, 0.717) is 17.8 Å². The average molecular weight is 275 g/mol. The van der Waals surface area contributed by atoms with Crippen molar-refractivity contribution in [2.75, 3.05) is 10.7 Å². The van der Waals surface area contributed by atoms with E-state index in [4.69, 9.17) is 5.84 Å². The first kappa shape index (κ1) is 13.9. The zero-order chi connectivity index (χ0) is 14.5. The molecule has 0 unspecified atom stereocenters. The number of pyridine rings is 2. The van der Waals surface area contributed by atoms with Gasteiger partial charge in [0.25, 0.3) is 5.91 Å². The monoisotopic (exact) mass is 275 g/mol. The number of hydrogen-bond donors (Lipinski definition) is 3. The quantitative estimate of drug-likeness (QED) is 0.583. The van der Waals surface area contributed by atoms with Crippen molar-refractivity contribution >= 4 is 17.5 Å². The molecule has 7 heteroatoms. The second-order valence-electron chi connectivity index (χ2n) is 4.05. The molecule has 2 aromatic heterocycles. The summed E-state index contributed by atoms with van der Waals surface area (Å²) in [5, 5.41) is 2.57. The third-order valence-corrected chi connectivity index (χ3v) is 2.62. The molecule has 0 aliphatic heterocycles. The lowest BCUT2D eigenvalue weighted by atomic mass is 10.2. The first-order valence-corrected chi connectivity index (χ1v) is 6.03. The standard InChI is InChI=1S/C13H14FN5O/c1-2-10-5-8(6-12(17-10)19-15)13(20)18-11-4-3-9(14)7-16-11/h3-7H,2,15H2,1H3,(H,17,19)(H,16,18,20). The molecule has 0 aliphatic rings. The van der Waals surface area contributed by atoms with Crippen LogP contribution in [0.4, 0.5) is 16.0 Å². The van der Waals surface area contributed by atoms with Crippen LogP contribution < -0.4 is 16.6 Å². The number of nitrogens with two attached hydrogens (primary N) is 1. The highest BCUT2D eigenvalue weighted by Crippen LogP contribution is 2.12. The van der Waals surface area contributed by atoms with E-state index in [1.807, 2.05) is 6.92 Å². The molecule has 20 heavy (non-hydrogen) atoms. The lowest BCUT2D eigenvalue weighted by molar-refractivity contribution is 0.102. The smallest absolute Gasteiger partial charge is 0.257 e. The van der Waals surface area contributed by atoms with Crippen LogP contribution in [0.2, 0.25) is 0 Å². The van der Waals surface area contributed by atoms with Gasteiger partial charge in [-0.05, 0) is 30.7 Å². The van der Waals surface area contributed by atoms with Crippen molar-refractivity contribution in [2.24, 2.45) is 5.84 Å². The van der Waals surface area contributed by atoms with E-state index in [0.717, 1.165) is 11.9 Å². The van der Waals surface area contributed by atoms with Gasteiger partial charge in [0.05, 0.1) is 6.20 Å². The van der Waals surface area contributed by atoms with Crippen LogP contribution in [0.5, 0.6) is 0 Å². The summed E-state index contributed by atoms with van der Waals surface area (Å²) in [5.41, 5.74) is 3.54. The maximum Gasteiger partial charge on any atom is 0.257 e. The fraction of sp³-hybridized carbons (Fsp3) is 0.154. The maximum absolute atomic E-state index is 12.7. The number of nitrogen functional groups attached to an aromatic ring is 1. The molecule has 0 saturated carbocycles. The molecule has 2 heterocycles. The van der Waals surface area contributed by atoms with Gasteiger partial charge in [0, 0.05) is 11.3 Å². The molecular weight excluding hydrogens is 261 g/mol. The summed E-state index contributed by atoms with van der Waals surface area (Å²) in [6.45, 7) is 1.92. The normalized spacial score (nSPS) is 10.2. The molecule has 104 valence electrons. The van der Waals surface area contributed by atoms with E-state index >= 15 is 0 Å². The number of carbonyl (C=O) groups excluding carboxylic acids is 1. The number of hydrazine groups is 1. The van der Waals surface area contributed by atoms with Crippen molar-refractivity contribution in [3.63, 3.8) is 0 Å². The number of halogens is 1. The van der Waals surface area contributed by atoms with Crippen LogP contribution in [0.15, 0.2) is 30.5 Å². The Kier molecular flexibility index (Phi) is 4.21. The summed E-state index contributed by atoms with van der Waals surface area (Å²) < 4.78 is 12.7.